The molecular formula is C14H23NO3. The van der Waals surface area contributed by atoms with Gasteiger partial charge in [-0.2, -0.15) is 0 Å². The summed E-state index contributed by atoms with van der Waals surface area (Å²) in [6.45, 7) is 6.17. The van der Waals surface area contributed by atoms with E-state index in [9.17, 15) is 0 Å². The largest absolute Gasteiger partial charge is 0.493 e. The highest BCUT2D eigenvalue weighted by Crippen LogP contribution is 2.27. The Labute approximate surface area is 109 Å². The Balaban J connectivity index is 2.60. The van der Waals surface area contributed by atoms with E-state index in [0.29, 0.717) is 13.2 Å². The van der Waals surface area contributed by atoms with Gasteiger partial charge in [0.25, 0.3) is 0 Å². The van der Waals surface area contributed by atoms with Crippen LogP contribution >= 0.6 is 0 Å². The summed E-state index contributed by atoms with van der Waals surface area (Å²) in [5, 5.41) is 3.31. The molecule has 0 aliphatic rings. The zero-order valence-electron chi connectivity index (χ0n) is 11.7. The van der Waals surface area contributed by atoms with Crippen molar-refractivity contribution in [1.29, 1.82) is 0 Å². The molecule has 0 heterocycles. The normalized spacial score (nSPS) is 12.2. The Hall–Kier alpha value is -1.26. The van der Waals surface area contributed by atoms with Gasteiger partial charge in [-0.1, -0.05) is 13.0 Å². The quantitative estimate of drug-likeness (QED) is 0.769. The van der Waals surface area contributed by atoms with Crippen LogP contribution in [-0.2, 0) is 4.74 Å². The summed E-state index contributed by atoms with van der Waals surface area (Å²) in [7, 11) is 3.34. The Morgan fingerprint density at radius 3 is 2.56 bits per heavy atom. The molecule has 1 rings (SSSR count). The van der Waals surface area contributed by atoms with E-state index in [1.54, 1.807) is 14.2 Å². The zero-order chi connectivity index (χ0) is 13.4. The minimum absolute atomic E-state index is 0.186. The van der Waals surface area contributed by atoms with E-state index in [4.69, 9.17) is 14.2 Å². The first kappa shape index (κ1) is 14.8. The number of ether oxygens (including phenoxy) is 3. The molecule has 0 spiro atoms. The van der Waals surface area contributed by atoms with Crippen LogP contribution in [0.15, 0.2) is 18.2 Å². The predicted octanol–water partition coefficient (Wildman–Crippen LogP) is 2.01. The maximum absolute atomic E-state index is 5.78. The molecule has 1 atom stereocenters. The van der Waals surface area contributed by atoms with Crippen molar-refractivity contribution in [2.24, 2.45) is 0 Å². The van der Waals surface area contributed by atoms with Crippen LogP contribution in [0.3, 0.4) is 0 Å². The molecule has 4 nitrogen and oxygen atoms in total. The van der Waals surface area contributed by atoms with Crippen molar-refractivity contribution in [2.75, 3.05) is 34.0 Å². The Morgan fingerprint density at radius 2 is 1.94 bits per heavy atom. The van der Waals surface area contributed by atoms with Crippen molar-refractivity contribution in [2.45, 2.75) is 19.9 Å². The van der Waals surface area contributed by atoms with E-state index in [1.165, 1.54) is 0 Å². The van der Waals surface area contributed by atoms with Gasteiger partial charge >= 0.3 is 0 Å². The van der Waals surface area contributed by atoms with Gasteiger partial charge < -0.3 is 19.5 Å². The Bertz CT molecular complexity index is 349. The van der Waals surface area contributed by atoms with Crippen molar-refractivity contribution >= 4 is 0 Å². The molecule has 1 N–H and O–H groups in total. The van der Waals surface area contributed by atoms with Crippen molar-refractivity contribution in [3.8, 4) is 11.5 Å². The van der Waals surface area contributed by atoms with Crippen LogP contribution in [0.1, 0.15) is 12.5 Å². The number of likely N-dealkylation sites (N-methyl/N-ethyl adjacent to an activating group) is 1. The Morgan fingerprint density at radius 1 is 1.17 bits per heavy atom. The number of benzene rings is 1. The molecule has 0 bridgehead atoms. The van der Waals surface area contributed by atoms with Gasteiger partial charge in [-0.05, 0) is 31.2 Å². The van der Waals surface area contributed by atoms with Crippen LogP contribution in [0.5, 0.6) is 11.5 Å². The second kappa shape index (κ2) is 7.95. The molecule has 0 radical (unpaired) electrons. The Kier molecular flexibility index (Phi) is 6.54. The zero-order valence-corrected chi connectivity index (χ0v) is 11.7. The lowest BCUT2D eigenvalue weighted by Gasteiger charge is -2.18. The molecule has 102 valence electrons. The van der Waals surface area contributed by atoms with Crippen LogP contribution < -0.4 is 14.8 Å². The van der Waals surface area contributed by atoms with Crippen LogP contribution in [0.2, 0.25) is 0 Å². The van der Waals surface area contributed by atoms with Crippen LogP contribution in [0, 0.1) is 6.92 Å². The van der Waals surface area contributed by atoms with E-state index >= 15 is 0 Å². The van der Waals surface area contributed by atoms with Gasteiger partial charge in [0.2, 0.25) is 0 Å². The molecule has 18 heavy (non-hydrogen) atoms. The van der Waals surface area contributed by atoms with Gasteiger partial charge in [0.05, 0.1) is 19.8 Å². The highest BCUT2D eigenvalue weighted by Gasteiger charge is 2.10. The van der Waals surface area contributed by atoms with E-state index in [2.05, 4.69) is 12.2 Å². The smallest absolute Gasteiger partial charge is 0.161 e. The molecule has 1 unspecified atom stereocenters. The fraction of sp³-hybridized carbons (Fsp3) is 0.571. The first-order valence-electron chi connectivity index (χ1n) is 6.21. The first-order chi connectivity index (χ1) is 8.71. The van der Waals surface area contributed by atoms with E-state index in [0.717, 1.165) is 23.6 Å². The molecule has 4 heteroatoms. The van der Waals surface area contributed by atoms with Gasteiger partial charge in [0.15, 0.2) is 11.5 Å². The molecular weight excluding hydrogens is 230 g/mol. The highest BCUT2D eigenvalue weighted by molar-refractivity contribution is 5.42. The third kappa shape index (κ3) is 4.55. The van der Waals surface area contributed by atoms with Gasteiger partial charge in [-0.3, -0.25) is 0 Å². The lowest BCUT2D eigenvalue weighted by Crippen LogP contribution is -2.38. The summed E-state index contributed by atoms with van der Waals surface area (Å²) in [5.41, 5.74) is 1.15. The standard InChI is InChI=1S/C14H23NO3/c1-5-15-12(9-16-3)10-18-13-7-6-11(2)8-14(13)17-4/h6-8,12,15H,5,9-10H2,1-4H3. The average Bonchev–Trinajstić information content (AvgIpc) is 2.37. The van der Waals surface area contributed by atoms with Crippen LogP contribution in [-0.4, -0.2) is 40.0 Å². The fourth-order valence-electron chi connectivity index (χ4n) is 1.74. The van der Waals surface area contributed by atoms with Crippen molar-refractivity contribution in [1.82, 2.24) is 5.32 Å². The monoisotopic (exact) mass is 253 g/mol. The summed E-state index contributed by atoms with van der Waals surface area (Å²) >= 11 is 0. The minimum Gasteiger partial charge on any atom is -0.493 e. The summed E-state index contributed by atoms with van der Waals surface area (Å²) in [4.78, 5) is 0. The molecule has 0 amide bonds. The number of rotatable bonds is 8. The van der Waals surface area contributed by atoms with Crippen molar-refractivity contribution in [3.05, 3.63) is 23.8 Å². The maximum Gasteiger partial charge on any atom is 0.161 e. The first-order valence-corrected chi connectivity index (χ1v) is 6.21. The lowest BCUT2D eigenvalue weighted by molar-refractivity contribution is 0.135. The van der Waals surface area contributed by atoms with Crippen molar-refractivity contribution < 1.29 is 14.2 Å². The lowest BCUT2D eigenvalue weighted by atomic mass is 10.2. The second-order valence-corrected chi connectivity index (χ2v) is 4.18. The number of methoxy groups -OCH3 is 2. The van der Waals surface area contributed by atoms with Gasteiger partial charge in [-0.15, -0.1) is 0 Å². The maximum atomic E-state index is 5.78. The van der Waals surface area contributed by atoms with E-state index < -0.39 is 0 Å². The number of hydrogen-bond donors (Lipinski definition) is 1. The number of hydrogen-bond acceptors (Lipinski definition) is 4. The molecule has 0 aromatic heterocycles. The molecule has 1 aromatic carbocycles. The van der Waals surface area contributed by atoms with E-state index in [-0.39, 0.29) is 6.04 Å². The molecule has 0 fully saturated rings. The summed E-state index contributed by atoms with van der Waals surface area (Å²) in [5.74, 6) is 1.53. The number of aryl methyl sites for hydroxylation is 1. The predicted molar refractivity (Wildman–Crippen MR) is 72.6 cm³/mol. The second-order valence-electron chi connectivity index (χ2n) is 4.18. The topological polar surface area (TPSA) is 39.7 Å². The van der Waals surface area contributed by atoms with Crippen LogP contribution in [0.4, 0.5) is 0 Å². The third-order valence-electron chi connectivity index (χ3n) is 2.62. The third-order valence-corrected chi connectivity index (χ3v) is 2.62. The average molecular weight is 253 g/mol. The van der Waals surface area contributed by atoms with Gasteiger partial charge in [0.1, 0.15) is 6.61 Å². The molecule has 1 aromatic rings. The van der Waals surface area contributed by atoms with Crippen molar-refractivity contribution in [3.63, 3.8) is 0 Å². The van der Waals surface area contributed by atoms with Gasteiger partial charge in [-0.25, -0.2) is 0 Å². The molecule has 0 saturated carbocycles. The SMILES string of the molecule is CCNC(COC)COc1ccc(C)cc1OC. The summed E-state index contributed by atoms with van der Waals surface area (Å²) in [6, 6.07) is 6.10. The molecule has 0 aliphatic heterocycles. The minimum atomic E-state index is 0.186. The molecule has 0 aliphatic carbocycles. The summed E-state index contributed by atoms with van der Waals surface area (Å²) < 4.78 is 16.2. The van der Waals surface area contributed by atoms with Crippen LogP contribution in [0.25, 0.3) is 0 Å². The van der Waals surface area contributed by atoms with Gasteiger partial charge in [0, 0.05) is 7.11 Å². The number of nitrogens with one attached hydrogen (secondary N) is 1. The van der Waals surface area contributed by atoms with E-state index in [1.807, 2.05) is 25.1 Å². The highest BCUT2D eigenvalue weighted by atomic mass is 16.5. The molecule has 0 saturated heterocycles. The summed E-state index contributed by atoms with van der Waals surface area (Å²) in [6.07, 6.45) is 0. The fourth-order valence-corrected chi connectivity index (χ4v) is 1.74.